The molecule has 1 N–H and O–H groups in total. The first-order valence-electron chi connectivity index (χ1n) is 5.98. The average molecular weight is 313 g/mol. The summed E-state index contributed by atoms with van der Waals surface area (Å²) in [5.41, 5.74) is 0. The van der Waals surface area contributed by atoms with Crippen molar-refractivity contribution in [1.82, 2.24) is 10.2 Å². The number of thiophene rings is 1. The minimum absolute atomic E-state index is 0. The lowest BCUT2D eigenvalue weighted by molar-refractivity contribution is 0.0374. The van der Waals surface area contributed by atoms with Crippen LogP contribution >= 0.6 is 36.2 Å². The minimum atomic E-state index is 0. The number of rotatable bonds is 6. The van der Waals surface area contributed by atoms with E-state index >= 15 is 0 Å². The van der Waals surface area contributed by atoms with Crippen LogP contribution in [0, 0.1) is 0 Å². The minimum Gasteiger partial charge on any atom is -0.379 e. The lowest BCUT2D eigenvalue weighted by atomic mass is 10.3. The Kier molecular flexibility index (Phi) is 11.1. The van der Waals surface area contributed by atoms with E-state index in [0.717, 1.165) is 39.4 Å². The predicted octanol–water partition coefficient (Wildman–Crippen LogP) is 2.40. The molecule has 0 unspecified atom stereocenters. The SMILES string of the molecule is Cl.Cl.c1csc(CNCCCN2CCOCC2)c1. The molecule has 1 aromatic heterocycles. The molecule has 0 saturated carbocycles. The van der Waals surface area contributed by atoms with Gasteiger partial charge in [-0.25, -0.2) is 0 Å². The Morgan fingerprint density at radius 3 is 2.72 bits per heavy atom. The second-order valence-corrected chi connectivity index (χ2v) is 5.10. The molecule has 18 heavy (non-hydrogen) atoms. The molecule has 0 aromatic carbocycles. The molecule has 1 fully saturated rings. The smallest absolute Gasteiger partial charge is 0.0594 e. The van der Waals surface area contributed by atoms with Crippen molar-refractivity contribution >= 4 is 36.2 Å². The Labute approximate surface area is 126 Å². The summed E-state index contributed by atoms with van der Waals surface area (Å²) < 4.78 is 5.32. The molecule has 3 nitrogen and oxygen atoms in total. The molecule has 0 spiro atoms. The van der Waals surface area contributed by atoms with Crippen LogP contribution in [0.5, 0.6) is 0 Å². The molecule has 1 aliphatic heterocycles. The molecule has 2 heterocycles. The second-order valence-electron chi connectivity index (χ2n) is 4.06. The summed E-state index contributed by atoms with van der Waals surface area (Å²) >= 11 is 1.82. The lowest BCUT2D eigenvalue weighted by Gasteiger charge is -2.26. The standard InChI is InChI=1S/C12H20N2OS.2ClH/c1-3-12(16-10-1)11-13-4-2-5-14-6-8-15-9-7-14;;/h1,3,10,13H,2,4-9,11H2;2*1H. The van der Waals surface area contributed by atoms with Gasteiger partial charge in [0, 0.05) is 24.5 Å². The Bertz CT molecular complexity index is 280. The van der Waals surface area contributed by atoms with E-state index in [1.165, 1.54) is 17.8 Å². The predicted molar refractivity (Wildman–Crippen MR) is 82.4 cm³/mol. The largest absolute Gasteiger partial charge is 0.379 e. The van der Waals surface area contributed by atoms with E-state index in [1.54, 1.807) is 0 Å². The normalized spacial score (nSPS) is 15.8. The molecule has 0 amide bonds. The van der Waals surface area contributed by atoms with Crippen LogP contribution in [-0.4, -0.2) is 44.3 Å². The fourth-order valence-electron chi connectivity index (χ4n) is 1.88. The molecule has 0 aliphatic carbocycles. The number of hydrogen-bond acceptors (Lipinski definition) is 4. The van der Waals surface area contributed by atoms with Crippen LogP contribution < -0.4 is 5.32 Å². The van der Waals surface area contributed by atoms with Crippen molar-refractivity contribution in [1.29, 1.82) is 0 Å². The van der Waals surface area contributed by atoms with Crippen molar-refractivity contribution < 1.29 is 4.74 Å². The number of hydrogen-bond donors (Lipinski definition) is 1. The van der Waals surface area contributed by atoms with Crippen molar-refractivity contribution in [2.75, 3.05) is 39.4 Å². The quantitative estimate of drug-likeness (QED) is 0.816. The summed E-state index contributed by atoms with van der Waals surface area (Å²) in [6, 6.07) is 4.29. The molecule has 6 heteroatoms. The molecule has 1 aromatic rings. The van der Waals surface area contributed by atoms with Crippen molar-refractivity contribution in [3.05, 3.63) is 22.4 Å². The number of nitrogens with one attached hydrogen (secondary N) is 1. The lowest BCUT2D eigenvalue weighted by Crippen LogP contribution is -2.37. The Hall–Kier alpha value is 0.160. The molecule has 0 radical (unpaired) electrons. The summed E-state index contributed by atoms with van der Waals surface area (Å²) in [7, 11) is 0. The highest BCUT2D eigenvalue weighted by molar-refractivity contribution is 7.09. The van der Waals surface area contributed by atoms with E-state index in [2.05, 4.69) is 27.7 Å². The number of halogens is 2. The van der Waals surface area contributed by atoms with Crippen LogP contribution in [0.2, 0.25) is 0 Å². The van der Waals surface area contributed by atoms with E-state index in [4.69, 9.17) is 4.74 Å². The number of ether oxygens (including phenoxy) is 1. The van der Waals surface area contributed by atoms with Gasteiger partial charge in [0.2, 0.25) is 0 Å². The first-order chi connectivity index (χ1) is 7.95. The highest BCUT2D eigenvalue weighted by Crippen LogP contribution is 2.07. The first kappa shape index (κ1) is 18.2. The van der Waals surface area contributed by atoms with Crippen molar-refractivity contribution in [3.8, 4) is 0 Å². The third kappa shape index (κ3) is 6.92. The summed E-state index contributed by atoms with van der Waals surface area (Å²) in [6.45, 7) is 7.33. The van der Waals surface area contributed by atoms with E-state index in [1.807, 2.05) is 11.3 Å². The van der Waals surface area contributed by atoms with Gasteiger partial charge in [-0.3, -0.25) is 4.90 Å². The molecular formula is C12H22Cl2N2OS. The summed E-state index contributed by atoms with van der Waals surface area (Å²) in [6.07, 6.45) is 1.23. The van der Waals surface area contributed by atoms with Gasteiger partial charge in [-0.1, -0.05) is 6.07 Å². The number of morpholine rings is 1. The Morgan fingerprint density at radius 2 is 2.06 bits per heavy atom. The van der Waals surface area contributed by atoms with Crippen molar-refractivity contribution in [2.24, 2.45) is 0 Å². The zero-order valence-corrected chi connectivity index (χ0v) is 12.9. The zero-order valence-electron chi connectivity index (χ0n) is 10.5. The molecule has 0 bridgehead atoms. The zero-order chi connectivity index (χ0) is 11.1. The maximum absolute atomic E-state index is 5.32. The number of nitrogens with zero attached hydrogens (tertiary/aromatic N) is 1. The van der Waals surface area contributed by atoms with Crippen LogP contribution in [0.1, 0.15) is 11.3 Å². The van der Waals surface area contributed by atoms with Gasteiger partial charge >= 0.3 is 0 Å². The van der Waals surface area contributed by atoms with Gasteiger partial charge in [0.25, 0.3) is 0 Å². The van der Waals surface area contributed by atoms with E-state index < -0.39 is 0 Å². The van der Waals surface area contributed by atoms with Gasteiger partial charge in [0.15, 0.2) is 0 Å². The molecule has 106 valence electrons. The van der Waals surface area contributed by atoms with Gasteiger partial charge in [0.05, 0.1) is 13.2 Å². The monoisotopic (exact) mass is 312 g/mol. The van der Waals surface area contributed by atoms with Gasteiger partial charge in [0.1, 0.15) is 0 Å². The van der Waals surface area contributed by atoms with Gasteiger partial charge in [-0.05, 0) is 31.0 Å². The highest BCUT2D eigenvalue weighted by Gasteiger charge is 2.08. The fourth-order valence-corrected chi connectivity index (χ4v) is 2.55. The van der Waals surface area contributed by atoms with Crippen molar-refractivity contribution in [2.45, 2.75) is 13.0 Å². The fraction of sp³-hybridized carbons (Fsp3) is 0.667. The summed E-state index contributed by atoms with van der Waals surface area (Å²) in [5.74, 6) is 0. The third-order valence-corrected chi connectivity index (χ3v) is 3.69. The Morgan fingerprint density at radius 1 is 1.28 bits per heavy atom. The second kappa shape index (κ2) is 11.0. The third-order valence-electron chi connectivity index (χ3n) is 2.81. The molecule has 1 aliphatic rings. The molecular weight excluding hydrogens is 291 g/mol. The van der Waals surface area contributed by atoms with E-state index in [9.17, 15) is 0 Å². The highest BCUT2D eigenvalue weighted by atomic mass is 35.5. The van der Waals surface area contributed by atoms with Crippen LogP contribution in [0.25, 0.3) is 0 Å². The van der Waals surface area contributed by atoms with Crippen LogP contribution in [-0.2, 0) is 11.3 Å². The molecule has 0 atom stereocenters. The van der Waals surface area contributed by atoms with Gasteiger partial charge in [-0.2, -0.15) is 0 Å². The first-order valence-corrected chi connectivity index (χ1v) is 6.86. The summed E-state index contributed by atoms with van der Waals surface area (Å²) in [4.78, 5) is 3.91. The topological polar surface area (TPSA) is 24.5 Å². The molecule has 1 saturated heterocycles. The van der Waals surface area contributed by atoms with E-state index in [-0.39, 0.29) is 24.8 Å². The summed E-state index contributed by atoms with van der Waals surface area (Å²) in [5, 5.41) is 5.61. The molecule has 2 rings (SSSR count). The van der Waals surface area contributed by atoms with Crippen LogP contribution in [0.15, 0.2) is 17.5 Å². The Balaban J connectivity index is 0.00000144. The van der Waals surface area contributed by atoms with Gasteiger partial charge in [-0.15, -0.1) is 36.2 Å². The average Bonchev–Trinajstić information content (AvgIpc) is 2.83. The van der Waals surface area contributed by atoms with Crippen molar-refractivity contribution in [3.63, 3.8) is 0 Å². The van der Waals surface area contributed by atoms with Crippen LogP contribution in [0.4, 0.5) is 0 Å². The van der Waals surface area contributed by atoms with E-state index in [0.29, 0.717) is 0 Å². The van der Waals surface area contributed by atoms with Gasteiger partial charge < -0.3 is 10.1 Å². The van der Waals surface area contributed by atoms with Crippen LogP contribution in [0.3, 0.4) is 0 Å². The maximum Gasteiger partial charge on any atom is 0.0594 e. The maximum atomic E-state index is 5.32.